The molecule has 1 amide bonds. The van der Waals surface area contributed by atoms with Crippen molar-refractivity contribution in [3.8, 4) is 17.3 Å². The van der Waals surface area contributed by atoms with Crippen molar-refractivity contribution in [1.82, 2.24) is 9.97 Å². The van der Waals surface area contributed by atoms with Crippen molar-refractivity contribution in [2.45, 2.75) is 16.1 Å². The van der Waals surface area contributed by atoms with Gasteiger partial charge >= 0.3 is 6.18 Å². The molecule has 194 valence electrons. The number of aromatic nitrogens is 2. The zero-order valence-electron chi connectivity index (χ0n) is 19.1. The summed E-state index contributed by atoms with van der Waals surface area (Å²) in [5.41, 5.74) is -1.10. The minimum Gasteiger partial charge on any atom is -0.325 e. The van der Waals surface area contributed by atoms with Crippen LogP contribution >= 0.6 is 23.1 Å². The number of amides is 1. The first kappa shape index (κ1) is 27.1. The van der Waals surface area contributed by atoms with Crippen molar-refractivity contribution in [2.75, 3.05) is 15.8 Å². The third kappa shape index (κ3) is 6.49. The number of pyridine rings is 1. The number of nitrogens with zero attached hydrogens (tertiary/aromatic N) is 3. The summed E-state index contributed by atoms with van der Waals surface area (Å²) in [7, 11) is -3.88. The summed E-state index contributed by atoms with van der Waals surface area (Å²) >= 11 is 1.81. The van der Waals surface area contributed by atoms with Gasteiger partial charge < -0.3 is 5.32 Å². The highest BCUT2D eigenvalue weighted by molar-refractivity contribution is 8.00. The number of sulfonamides is 1. The van der Waals surface area contributed by atoms with E-state index in [-0.39, 0.29) is 32.2 Å². The number of carbonyl (C=O) groups is 1. The number of hydrogen-bond donors (Lipinski definition) is 2. The van der Waals surface area contributed by atoms with Gasteiger partial charge in [-0.15, -0.1) is 11.3 Å². The first-order chi connectivity index (χ1) is 18.1. The van der Waals surface area contributed by atoms with Crippen LogP contribution < -0.4 is 10.0 Å². The van der Waals surface area contributed by atoms with E-state index in [1.807, 2.05) is 0 Å². The Kier molecular flexibility index (Phi) is 8.00. The van der Waals surface area contributed by atoms with Gasteiger partial charge in [0, 0.05) is 22.8 Å². The summed E-state index contributed by atoms with van der Waals surface area (Å²) in [6, 6.07) is 15.9. The number of thioether (sulfide) groups is 1. The standard InChI is InChI=1S/C24H16F3N5O3S3/c25-24(26,27)19-12-20(15-4-2-1-3-5-15)31-22(18(19)13-28)37-14-21(33)30-16-6-8-17(9-7-16)38(34,35)32-23-29-10-11-36-23/h1-12H,14H2,(H,29,32)(H,30,33). The van der Waals surface area contributed by atoms with Gasteiger partial charge in [0.15, 0.2) is 5.13 Å². The maximum atomic E-state index is 13.7. The number of halogens is 3. The van der Waals surface area contributed by atoms with E-state index in [9.17, 15) is 31.6 Å². The molecule has 0 atom stereocenters. The number of carbonyl (C=O) groups excluding carboxylic acids is 1. The van der Waals surface area contributed by atoms with Crippen LogP contribution in [-0.4, -0.2) is 30.0 Å². The number of nitrogens with one attached hydrogen (secondary N) is 2. The lowest BCUT2D eigenvalue weighted by atomic mass is 10.1. The molecule has 14 heteroatoms. The lowest BCUT2D eigenvalue weighted by molar-refractivity contribution is -0.138. The van der Waals surface area contributed by atoms with Crippen LogP contribution in [0.15, 0.2) is 82.2 Å². The highest BCUT2D eigenvalue weighted by Gasteiger charge is 2.36. The average molecular weight is 576 g/mol. The Bertz CT molecular complexity index is 1590. The van der Waals surface area contributed by atoms with Crippen LogP contribution in [0.4, 0.5) is 24.0 Å². The van der Waals surface area contributed by atoms with Gasteiger partial charge in [-0.25, -0.2) is 18.4 Å². The van der Waals surface area contributed by atoms with Gasteiger partial charge in [-0.05, 0) is 30.3 Å². The Morgan fingerprint density at radius 2 is 1.82 bits per heavy atom. The zero-order valence-corrected chi connectivity index (χ0v) is 21.5. The van der Waals surface area contributed by atoms with E-state index < -0.39 is 33.2 Å². The summed E-state index contributed by atoms with van der Waals surface area (Å²) in [6.45, 7) is 0. The van der Waals surface area contributed by atoms with Gasteiger partial charge in [0.1, 0.15) is 11.1 Å². The fourth-order valence-corrected chi connectivity index (χ4v) is 5.80. The Hall–Kier alpha value is -3.93. The largest absolute Gasteiger partial charge is 0.417 e. The van der Waals surface area contributed by atoms with Crippen molar-refractivity contribution < 1.29 is 26.4 Å². The Morgan fingerprint density at radius 1 is 1.11 bits per heavy atom. The topological polar surface area (TPSA) is 125 Å². The Labute approximate surface area is 223 Å². The molecule has 2 heterocycles. The molecular weight excluding hydrogens is 559 g/mol. The quantitative estimate of drug-likeness (QED) is 0.261. The molecular formula is C24H16F3N5O3S3. The molecule has 0 spiro atoms. The third-order valence-corrected chi connectivity index (χ3v) is 8.06. The number of thiazole rings is 1. The lowest BCUT2D eigenvalue weighted by Gasteiger charge is -2.14. The molecule has 0 saturated heterocycles. The molecule has 4 rings (SSSR count). The van der Waals surface area contributed by atoms with Gasteiger partial charge in [0.25, 0.3) is 10.0 Å². The number of nitriles is 1. The molecule has 8 nitrogen and oxygen atoms in total. The molecule has 2 aromatic carbocycles. The second kappa shape index (κ2) is 11.2. The first-order valence-electron chi connectivity index (χ1n) is 10.6. The molecule has 0 bridgehead atoms. The maximum Gasteiger partial charge on any atom is 0.417 e. The molecule has 0 aliphatic carbocycles. The van der Waals surface area contributed by atoms with Crippen molar-refractivity contribution in [1.29, 1.82) is 5.26 Å². The van der Waals surface area contributed by atoms with E-state index in [0.29, 0.717) is 17.3 Å². The van der Waals surface area contributed by atoms with E-state index in [1.165, 1.54) is 30.5 Å². The molecule has 0 radical (unpaired) electrons. The smallest absolute Gasteiger partial charge is 0.325 e. The van der Waals surface area contributed by atoms with E-state index in [1.54, 1.807) is 41.8 Å². The number of rotatable bonds is 8. The first-order valence-corrected chi connectivity index (χ1v) is 13.9. The van der Waals surface area contributed by atoms with E-state index >= 15 is 0 Å². The summed E-state index contributed by atoms with van der Waals surface area (Å²) in [5.74, 6) is -0.932. The number of hydrogen-bond acceptors (Lipinski definition) is 8. The van der Waals surface area contributed by atoms with Crippen molar-refractivity contribution in [3.05, 3.63) is 83.4 Å². The monoisotopic (exact) mass is 575 g/mol. The molecule has 0 aliphatic heterocycles. The van der Waals surface area contributed by atoms with E-state index in [0.717, 1.165) is 17.4 Å². The van der Waals surface area contributed by atoms with Crippen molar-refractivity contribution in [2.24, 2.45) is 0 Å². The fourth-order valence-electron chi connectivity index (χ4n) is 3.21. The molecule has 2 N–H and O–H groups in total. The van der Waals surface area contributed by atoms with Crippen LogP contribution in [0, 0.1) is 11.3 Å². The third-order valence-electron chi connectivity index (χ3n) is 4.92. The minimum absolute atomic E-state index is 0.0167. The highest BCUT2D eigenvalue weighted by Crippen LogP contribution is 2.38. The highest BCUT2D eigenvalue weighted by atomic mass is 32.2. The van der Waals surface area contributed by atoms with Crippen LogP contribution in [0.1, 0.15) is 11.1 Å². The van der Waals surface area contributed by atoms with Gasteiger partial charge in [0.2, 0.25) is 5.91 Å². The predicted molar refractivity (Wildman–Crippen MR) is 138 cm³/mol. The van der Waals surface area contributed by atoms with Gasteiger partial charge in [-0.2, -0.15) is 18.4 Å². The van der Waals surface area contributed by atoms with Crippen molar-refractivity contribution >= 4 is 49.8 Å². The Balaban J connectivity index is 1.49. The van der Waals surface area contributed by atoms with Crippen LogP contribution in [0.2, 0.25) is 0 Å². The van der Waals surface area contributed by atoms with Crippen LogP contribution in [0.25, 0.3) is 11.3 Å². The predicted octanol–water partition coefficient (Wildman–Crippen LogP) is 5.63. The zero-order chi connectivity index (χ0) is 27.3. The summed E-state index contributed by atoms with van der Waals surface area (Å²) in [6.07, 6.45) is -3.35. The fraction of sp³-hybridized carbons (Fsp3) is 0.0833. The molecule has 2 aromatic heterocycles. The van der Waals surface area contributed by atoms with E-state index in [4.69, 9.17) is 0 Å². The van der Waals surface area contributed by atoms with Crippen LogP contribution in [0.5, 0.6) is 0 Å². The molecule has 0 aliphatic rings. The van der Waals surface area contributed by atoms with Gasteiger partial charge in [0.05, 0.1) is 27.5 Å². The SMILES string of the molecule is N#Cc1c(C(F)(F)F)cc(-c2ccccc2)nc1SCC(=O)Nc1ccc(S(=O)(=O)Nc2nccs2)cc1. The minimum atomic E-state index is -4.80. The summed E-state index contributed by atoms with van der Waals surface area (Å²) in [4.78, 5) is 20.5. The summed E-state index contributed by atoms with van der Waals surface area (Å²) < 4.78 is 68.3. The average Bonchev–Trinajstić information content (AvgIpc) is 3.39. The Morgan fingerprint density at radius 3 is 2.42 bits per heavy atom. The lowest BCUT2D eigenvalue weighted by Crippen LogP contribution is -2.16. The van der Waals surface area contributed by atoms with Gasteiger partial charge in [-0.3, -0.25) is 9.52 Å². The number of anilines is 2. The van der Waals surface area contributed by atoms with Gasteiger partial charge in [-0.1, -0.05) is 42.1 Å². The normalized spacial score (nSPS) is 11.5. The van der Waals surface area contributed by atoms with Crippen molar-refractivity contribution in [3.63, 3.8) is 0 Å². The second-order valence-corrected chi connectivity index (χ2v) is 11.1. The number of alkyl halides is 3. The summed E-state index contributed by atoms with van der Waals surface area (Å²) in [5, 5.41) is 13.6. The molecule has 38 heavy (non-hydrogen) atoms. The molecule has 0 fully saturated rings. The number of benzene rings is 2. The van der Waals surface area contributed by atoms with E-state index in [2.05, 4.69) is 20.0 Å². The molecule has 0 unspecified atom stereocenters. The maximum absolute atomic E-state index is 13.7. The molecule has 4 aromatic rings. The van der Waals surface area contributed by atoms with Crippen LogP contribution in [-0.2, 0) is 21.0 Å². The van der Waals surface area contributed by atoms with Crippen LogP contribution in [0.3, 0.4) is 0 Å². The second-order valence-electron chi connectivity index (χ2n) is 7.51. The molecule has 0 saturated carbocycles.